The van der Waals surface area contributed by atoms with Crippen molar-refractivity contribution in [1.29, 1.82) is 0 Å². The molecule has 1 heterocycles. The maximum Gasteiger partial charge on any atom is 0.282 e. The number of fused-ring (bicyclic) bond motifs is 3. The summed E-state index contributed by atoms with van der Waals surface area (Å²) in [5.41, 5.74) is 2.78. The number of hydrogen-bond acceptors (Lipinski definition) is 6. The van der Waals surface area contributed by atoms with Crippen LogP contribution in [0.25, 0.3) is 0 Å². The van der Waals surface area contributed by atoms with Crippen molar-refractivity contribution in [3.8, 4) is 0 Å². The summed E-state index contributed by atoms with van der Waals surface area (Å²) < 4.78 is 0.620. The van der Waals surface area contributed by atoms with Gasteiger partial charge in [0.25, 0.3) is 11.4 Å². The number of nitrogens with one attached hydrogen (secondary N) is 1. The lowest BCUT2D eigenvalue weighted by molar-refractivity contribution is -0.387. The average Bonchev–Trinajstić information content (AvgIpc) is 3.15. The van der Waals surface area contributed by atoms with E-state index in [-0.39, 0.29) is 44.8 Å². The first-order valence-corrected chi connectivity index (χ1v) is 12.8. The second-order valence-electron chi connectivity index (χ2n) is 8.43. The fourth-order valence-electron chi connectivity index (χ4n) is 5.13. The molecule has 1 aliphatic carbocycles. The summed E-state index contributed by atoms with van der Waals surface area (Å²) in [6.07, 6.45) is 0.710. The average molecular weight is 561 g/mol. The van der Waals surface area contributed by atoms with Gasteiger partial charge < -0.3 is 5.32 Å². The third-order valence-electron chi connectivity index (χ3n) is 6.57. The molecule has 1 saturated carbocycles. The van der Waals surface area contributed by atoms with Gasteiger partial charge in [-0.3, -0.25) is 20.2 Å². The van der Waals surface area contributed by atoms with Crippen molar-refractivity contribution in [2.75, 3.05) is 5.32 Å². The molecule has 0 unspecified atom stereocenters. The van der Waals surface area contributed by atoms with Crippen LogP contribution in [0.2, 0.25) is 0 Å². The summed E-state index contributed by atoms with van der Waals surface area (Å²) in [6.45, 7) is 0. The topological polar surface area (TPSA) is 98.3 Å². The predicted octanol–water partition coefficient (Wildman–Crippen LogP) is 7.30. The van der Waals surface area contributed by atoms with Crippen LogP contribution in [-0.2, 0) is 0 Å². The maximum absolute atomic E-state index is 11.6. The molecule has 0 spiro atoms. The standard InChI is InChI=1S/C24H19BrClN3O4S/c25-17-11-14(28(30)31)10-15-21-16(23(27-24(15)17)13-6-2-1-3-7-13)12-20(22(21)26)34-19-9-5-4-8-18(19)29(32)33/h1-11,16,20-23,27H,12H2/t16-,20-,21+,22-,23-/m1/s1. The molecule has 0 aromatic heterocycles. The Balaban J connectivity index is 1.58. The van der Waals surface area contributed by atoms with Crippen LogP contribution >= 0.6 is 39.3 Å². The number of non-ortho nitro benzene ring substituents is 1. The Morgan fingerprint density at radius 2 is 1.71 bits per heavy atom. The number of nitro benzene ring substituents is 2. The summed E-state index contributed by atoms with van der Waals surface area (Å²) in [7, 11) is 0. The van der Waals surface area contributed by atoms with E-state index < -0.39 is 4.92 Å². The molecule has 174 valence electrons. The van der Waals surface area contributed by atoms with Gasteiger partial charge in [-0.25, -0.2) is 0 Å². The van der Waals surface area contributed by atoms with E-state index in [1.165, 1.54) is 23.9 Å². The molecule has 0 amide bonds. The van der Waals surface area contributed by atoms with E-state index in [1.54, 1.807) is 24.3 Å². The monoisotopic (exact) mass is 559 g/mol. The van der Waals surface area contributed by atoms with Crippen LogP contribution in [0.3, 0.4) is 0 Å². The third kappa shape index (κ3) is 4.06. The first kappa shape index (κ1) is 23.1. The van der Waals surface area contributed by atoms with Gasteiger partial charge in [-0.15, -0.1) is 23.4 Å². The minimum atomic E-state index is -0.402. The van der Waals surface area contributed by atoms with Crippen LogP contribution in [0.1, 0.15) is 29.5 Å². The van der Waals surface area contributed by atoms with E-state index in [4.69, 9.17) is 11.6 Å². The van der Waals surface area contributed by atoms with E-state index in [0.717, 1.165) is 16.8 Å². The van der Waals surface area contributed by atoms with Gasteiger partial charge in [-0.1, -0.05) is 42.5 Å². The highest BCUT2D eigenvalue weighted by Crippen LogP contribution is 2.59. The largest absolute Gasteiger partial charge is 0.377 e. The predicted molar refractivity (Wildman–Crippen MR) is 137 cm³/mol. The molecule has 3 aromatic carbocycles. The zero-order chi connectivity index (χ0) is 24.0. The molecular formula is C24H19BrClN3O4S. The van der Waals surface area contributed by atoms with Gasteiger partial charge in [0.05, 0.1) is 31.8 Å². The Kier molecular flexibility index (Phi) is 6.26. The Morgan fingerprint density at radius 3 is 2.41 bits per heavy atom. The number of benzene rings is 3. The fraction of sp³-hybridized carbons (Fsp3) is 0.250. The fourth-order valence-corrected chi connectivity index (χ4v) is 7.65. The second kappa shape index (κ2) is 9.20. The number of rotatable bonds is 5. The van der Waals surface area contributed by atoms with Crippen molar-refractivity contribution in [1.82, 2.24) is 0 Å². The highest BCUT2D eigenvalue weighted by atomic mass is 79.9. The Hall–Kier alpha value is -2.62. The molecule has 5 rings (SSSR count). The molecule has 1 aliphatic heterocycles. The van der Waals surface area contributed by atoms with Crippen LogP contribution < -0.4 is 5.32 Å². The quantitative estimate of drug-likeness (QED) is 0.200. The zero-order valence-electron chi connectivity index (χ0n) is 17.6. The number of anilines is 1. The molecule has 0 saturated heterocycles. The number of nitrogens with zero attached hydrogens (tertiary/aromatic N) is 2. The van der Waals surface area contributed by atoms with Gasteiger partial charge in [0.2, 0.25) is 0 Å². The van der Waals surface area contributed by atoms with Crippen LogP contribution in [0.4, 0.5) is 17.1 Å². The van der Waals surface area contributed by atoms with Gasteiger partial charge in [0.15, 0.2) is 0 Å². The molecule has 10 heteroatoms. The minimum absolute atomic E-state index is 0.00278. The summed E-state index contributed by atoms with van der Waals surface area (Å²) >= 11 is 12.0. The van der Waals surface area contributed by atoms with Gasteiger partial charge in [-0.05, 0) is 45.5 Å². The third-order valence-corrected chi connectivity index (χ3v) is 9.30. The van der Waals surface area contributed by atoms with Crippen molar-refractivity contribution in [3.63, 3.8) is 0 Å². The van der Waals surface area contributed by atoms with E-state index in [9.17, 15) is 20.2 Å². The number of hydrogen-bond donors (Lipinski definition) is 1. The Labute approximate surface area is 213 Å². The van der Waals surface area contributed by atoms with Crippen LogP contribution in [0.5, 0.6) is 0 Å². The highest BCUT2D eigenvalue weighted by molar-refractivity contribution is 9.10. The number of nitro groups is 2. The summed E-state index contributed by atoms with van der Waals surface area (Å²) in [6, 6.07) is 19.8. The Morgan fingerprint density at radius 1 is 1.00 bits per heavy atom. The Bertz CT molecular complexity index is 1280. The number of para-hydroxylation sites is 1. The molecule has 0 radical (unpaired) electrons. The van der Waals surface area contributed by atoms with E-state index in [0.29, 0.717) is 15.8 Å². The lowest BCUT2D eigenvalue weighted by atomic mass is 9.77. The van der Waals surface area contributed by atoms with Crippen LogP contribution in [0.15, 0.2) is 76.1 Å². The maximum atomic E-state index is 11.6. The molecule has 5 atom stereocenters. The number of alkyl halides is 1. The normalized spacial score (nSPS) is 25.2. The molecule has 2 aliphatic rings. The molecule has 34 heavy (non-hydrogen) atoms. The van der Waals surface area contributed by atoms with Gasteiger partial charge in [-0.2, -0.15) is 0 Å². The van der Waals surface area contributed by atoms with Crippen LogP contribution in [0, 0.1) is 26.1 Å². The van der Waals surface area contributed by atoms with E-state index in [2.05, 4.69) is 33.4 Å². The van der Waals surface area contributed by atoms with Crippen molar-refractivity contribution >= 4 is 56.4 Å². The molecule has 7 nitrogen and oxygen atoms in total. The first-order chi connectivity index (χ1) is 16.3. The van der Waals surface area contributed by atoms with Crippen molar-refractivity contribution in [2.45, 2.75) is 33.9 Å². The first-order valence-electron chi connectivity index (χ1n) is 10.7. The lowest BCUT2D eigenvalue weighted by Gasteiger charge is -2.38. The molecule has 0 bridgehead atoms. The molecule has 1 fully saturated rings. The van der Waals surface area contributed by atoms with Gasteiger partial charge in [0.1, 0.15) is 0 Å². The second-order valence-corrected chi connectivity index (χ2v) is 11.1. The zero-order valence-corrected chi connectivity index (χ0v) is 20.8. The van der Waals surface area contributed by atoms with Gasteiger partial charge >= 0.3 is 0 Å². The van der Waals surface area contributed by atoms with Crippen LogP contribution in [-0.4, -0.2) is 20.5 Å². The van der Waals surface area contributed by atoms with Gasteiger partial charge in [0, 0.05) is 33.8 Å². The smallest absolute Gasteiger partial charge is 0.282 e. The summed E-state index contributed by atoms with van der Waals surface area (Å²) in [5, 5.41) is 26.3. The summed E-state index contributed by atoms with van der Waals surface area (Å²) in [4.78, 5) is 22.9. The van der Waals surface area contributed by atoms with Crippen molar-refractivity contribution in [3.05, 3.63) is 103 Å². The lowest BCUT2D eigenvalue weighted by Crippen LogP contribution is -2.31. The molecule has 3 aromatic rings. The number of thioether (sulfide) groups is 1. The van der Waals surface area contributed by atoms with E-state index in [1.807, 2.05) is 18.2 Å². The highest BCUT2D eigenvalue weighted by Gasteiger charge is 2.51. The summed E-state index contributed by atoms with van der Waals surface area (Å²) in [5.74, 6) is -0.0915. The van der Waals surface area contributed by atoms with E-state index >= 15 is 0 Å². The SMILES string of the molecule is O=[N+]([O-])c1cc(Br)c2c(c1)[C@@H]1[C@H](Cl)[C@H](Sc3ccccc3[N+](=O)[O-])C[C@H]1[C@@H](c1ccccc1)N2. The van der Waals surface area contributed by atoms with Crippen molar-refractivity contribution < 1.29 is 9.85 Å². The minimum Gasteiger partial charge on any atom is -0.377 e. The van der Waals surface area contributed by atoms with Crippen molar-refractivity contribution in [2.24, 2.45) is 5.92 Å². The molecular weight excluding hydrogens is 542 g/mol. The number of halogens is 2. The molecule has 1 N–H and O–H groups in total.